The van der Waals surface area contributed by atoms with Gasteiger partial charge in [0.15, 0.2) is 0 Å². The van der Waals surface area contributed by atoms with Crippen molar-refractivity contribution in [2.75, 3.05) is 0 Å². The minimum absolute atomic E-state index is 0.0451. The van der Waals surface area contributed by atoms with E-state index in [0.29, 0.717) is 0 Å². The minimum atomic E-state index is 0.0451. The number of nitrogens with zero attached hydrogens (tertiary/aromatic N) is 1. The molecule has 0 heterocycles. The Balaban J connectivity index is 1.62. The van der Waals surface area contributed by atoms with Crippen molar-refractivity contribution in [1.82, 2.24) is 0 Å². The normalized spacial score (nSPS) is 43.3. The van der Waals surface area contributed by atoms with Crippen molar-refractivity contribution in [1.29, 1.82) is 5.26 Å². The van der Waals surface area contributed by atoms with E-state index in [9.17, 15) is 5.26 Å². The Hall–Kier alpha value is -0.510. The average molecular weight is 316 g/mol. The average Bonchev–Trinajstić information content (AvgIpc) is 2.59. The first-order valence-electron chi connectivity index (χ1n) is 10.6. The van der Waals surface area contributed by atoms with Gasteiger partial charge >= 0.3 is 0 Å². The standard InChI is InChI=1S/C22H37N/c1-3-5-12-22(16-23)13-11-21-19(15-22)9-8-18-14-17(6-4-2)7-10-20(18)21/h17-21H,3-15H2,1-2H3/t17-,18?,19?,20?,21?,22+/m0/s1. The highest BCUT2D eigenvalue weighted by Gasteiger charge is 2.48. The van der Waals surface area contributed by atoms with Gasteiger partial charge in [-0.1, -0.05) is 46.0 Å². The van der Waals surface area contributed by atoms with Gasteiger partial charge in [-0.25, -0.2) is 0 Å². The maximum absolute atomic E-state index is 9.83. The molecule has 23 heavy (non-hydrogen) atoms. The Morgan fingerprint density at radius 2 is 1.74 bits per heavy atom. The van der Waals surface area contributed by atoms with Crippen LogP contribution in [0.5, 0.6) is 0 Å². The molecule has 3 aliphatic carbocycles. The van der Waals surface area contributed by atoms with E-state index < -0.39 is 0 Å². The summed E-state index contributed by atoms with van der Waals surface area (Å²) in [5, 5.41) is 9.83. The molecule has 3 saturated carbocycles. The molecular weight excluding hydrogens is 278 g/mol. The van der Waals surface area contributed by atoms with Crippen molar-refractivity contribution in [2.45, 2.75) is 97.3 Å². The lowest BCUT2D eigenvalue weighted by Crippen LogP contribution is -2.44. The highest BCUT2D eigenvalue weighted by Crippen LogP contribution is 2.57. The lowest BCUT2D eigenvalue weighted by molar-refractivity contribution is -0.0179. The Bertz CT molecular complexity index is 422. The Morgan fingerprint density at radius 3 is 2.48 bits per heavy atom. The molecule has 0 N–H and O–H groups in total. The van der Waals surface area contributed by atoms with E-state index in [1.54, 1.807) is 0 Å². The highest BCUT2D eigenvalue weighted by molar-refractivity contribution is 5.06. The summed E-state index contributed by atoms with van der Waals surface area (Å²) in [7, 11) is 0. The molecule has 4 unspecified atom stereocenters. The van der Waals surface area contributed by atoms with E-state index in [2.05, 4.69) is 19.9 Å². The maximum atomic E-state index is 9.83. The molecule has 6 atom stereocenters. The van der Waals surface area contributed by atoms with Crippen LogP contribution in [0.15, 0.2) is 0 Å². The van der Waals surface area contributed by atoms with Crippen molar-refractivity contribution in [3.63, 3.8) is 0 Å². The van der Waals surface area contributed by atoms with Gasteiger partial charge in [0, 0.05) is 0 Å². The molecule has 3 aliphatic rings. The molecule has 130 valence electrons. The van der Waals surface area contributed by atoms with Crippen LogP contribution in [-0.2, 0) is 0 Å². The van der Waals surface area contributed by atoms with Crippen LogP contribution in [-0.4, -0.2) is 0 Å². The van der Waals surface area contributed by atoms with E-state index in [0.717, 1.165) is 36.0 Å². The van der Waals surface area contributed by atoms with Crippen LogP contribution in [0.2, 0.25) is 0 Å². The van der Waals surface area contributed by atoms with Crippen molar-refractivity contribution in [3.05, 3.63) is 0 Å². The molecule has 0 spiro atoms. The van der Waals surface area contributed by atoms with E-state index >= 15 is 0 Å². The van der Waals surface area contributed by atoms with Gasteiger partial charge in [-0.05, 0) is 81.0 Å². The molecule has 0 radical (unpaired) electrons. The number of rotatable bonds is 5. The molecule has 0 aromatic carbocycles. The number of nitriles is 1. The Morgan fingerprint density at radius 1 is 0.957 bits per heavy atom. The second kappa shape index (κ2) is 7.58. The van der Waals surface area contributed by atoms with Crippen molar-refractivity contribution in [3.8, 4) is 6.07 Å². The first-order chi connectivity index (χ1) is 11.2. The zero-order valence-electron chi connectivity index (χ0n) is 15.5. The van der Waals surface area contributed by atoms with Gasteiger partial charge in [0.2, 0.25) is 0 Å². The summed E-state index contributed by atoms with van der Waals surface area (Å²) in [6, 6.07) is 2.78. The van der Waals surface area contributed by atoms with Crippen LogP contribution in [0.1, 0.15) is 97.3 Å². The van der Waals surface area contributed by atoms with Crippen LogP contribution in [0, 0.1) is 46.3 Å². The first kappa shape index (κ1) is 17.3. The molecule has 0 saturated heterocycles. The number of hydrogen-bond donors (Lipinski definition) is 0. The zero-order chi connectivity index (χ0) is 16.3. The van der Waals surface area contributed by atoms with Crippen LogP contribution >= 0.6 is 0 Å². The summed E-state index contributed by atoms with van der Waals surface area (Å²) >= 11 is 0. The van der Waals surface area contributed by atoms with E-state index in [4.69, 9.17) is 0 Å². The number of unbranched alkanes of at least 4 members (excludes halogenated alkanes) is 1. The zero-order valence-corrected chi connectivity index (χ0v) is 15.5. The number of hydrogen-bond acceptors (Lipinski definition) is 1. The summed E-state index contributed by atoms with van der Waals surface area (Å²) < 4.78 is 0. The smallest absolute Gasteiger partial charge is 0.0689 e. The third-order valence-corrected chi connectivity index (χ3v) is 7.77. The molecule has 3 fully saturated rings. The topological polar surface area (TPSA) is 23.8 Å². The monoisotopic (exact) mass is 315 g/mol. The van der Waals surface area contributed by atoms with E-state index in [1.807, 2.05) is 0 Å². The highest BCUT2D eigenvalue weighted by atomic mass is 14.5. The first-order valence-corrected chi connectivity index (χ1v) is 10.6. The fraction of sp³-hybridized carbons (Fsp3) is 0.955. The molecule has 0 aliphatic heterocycles. The van der Waals surface area contributed by atoms with E-state index in [1.165, 1.54) is 77.0 Å². The predicted molar refractivity (Wildman–Crippen MR) is 96.9 cm³/mol. The number of fused-ring (bicyclic) bond motifs is 3. The maximum Gasteiger partial charge on any atom is 0.0689 e. The van der Waals surface area contributed by atoms with Crippen LogP contribution in [0.3, 0.4) is 0 Å². The molecule has 0 amide bonds. The third-order valence-electron chi connectivity index (χ3n) is 7.77. The second-order valence-corrected chi connectivity index (χ2v) is 9.13. The third kappa shape index (κ3) is 3.62. The summed E-state index contributed by atoms with van der Waals surface area (Å²) in [4.78, 5) is 0. The predicted octanol–water partition coefficient (Wildman–Crippen LogP) is 6.73. The van der Waals surface area contributed by atoms with Gasteiger partial charge in [-0.3, -0.25) is 0 Å². The molecule has 3 rings (SSSR count). The van der Waals surface area contributed by atoms with Crippen LogP contribution < -0.4 is 0 Å². The fourth-order valence-corrected chi connectivity index (χ4v) is 6.59. The van der Waals surface area contributed by atoms with E-state index in [-0.39, 0.29) is 5.41 Å². The summed E-state index contributed by atoms with van der Waals surface area (Å²) in [6.45, 7) is 4.61. The Kier molecular flexibility index (Phi) is 5.71. The van der Waals surface area contributed by atoms with Gasteiger partial charge in [0.25, 0.3) is 0 Å². The van der Waals surface area contributed by atoms with Crippen molar-refractivity contribution < 1.29 is 0 Å². The molecule has 0 aromatic heterocycles. The van der Waals surface area contributed by atoms with Crippen molar-refractivity contribution in [2.24, 2.45) is 35.0 Å². The summed E-state index contributed by atoms with van der Waals surface area (Å²) in [5.74, 6) is 4.93. The second-order valence-electron chi connectivity index (χ2n) is 9.13. The van der Waals surface area contributed by atoms with Crippen LogP contribution in [0.25, 0.3) is 0 Å². The van der Waals surface area contributed by atoms with Crippen molar-refractivity contribution >= 4 is 0 Å². The van der Waals surface area contributed by atoms with Gasteiger partial charge in [-0.15, -0.1) is 0 Å². The van der Waals surface area contributed by atoms with Gasteiger partial charge in [0.05, 0.1) is 11.5 Å². The lowest BCUT2D eigenvalue weighted by atomic mass is 9.52. The molecule has 0 aromatic rings. The minimum Gasteiger partial charge on any atom is -0.198 e. The van der Waals surface area contributed by atoms with Crippen LogP contribution in [0.4, 0.5) is 0 Å². The molecular formula is C22H37N. The SMILES string of the molecule is CCCC[C@@]1(C#N)CCC2C(CCC3C[C@@H](CCC)CCC32)C1. The summed E-state index contributed by atoms with van der Waals surface area (Å²) in [6.07, 6.45) is 17.7. The molecule has 0 bridgehead atoms. The van der Waals surface area contributed by atoms with Gasteiger partial charge in [0.1, 0.15) is 0 Å². The van der Waals surface area contributed by atoms with Gasteiger partial charge < -0.3 is 0 Å². The largest absolute Gasteiger partial charge is 0.198 e. The Labute approximate surface area is 144 Å². The van der Waals surface area contributed by atoms with Gasteiger partial charge in [-0.2, -0.15) is 5.26 Å². The molecule has 1 nitrogen and oxygen atoms in total. The summed E-state index contributed by atoms with van der Waals surface area (Å²) in [5.41, 5.74) is 0.0451. The fourth-order valence-electron chi connectivity index (χ4n) is 6.59. The quantitative estimate of drug-likeness (QED) is 0.551. The molecule has 1 heteroatoms. The lowest BCUT2D eigenvalue weighted by Gasteiger charge is -2.52.